The third kappa shape index (κ3) is 6.26. The standard InChI is InChI=1S/C17H26F3N5O2S/c1-21-16(23-11-5-10-22-14-6-3-2-4-7-14)24-15-8-12-25(13-9-15)28(26,27)17(18,19)20/h2-4,6-7,15,22H,5,8-13H2,1H3,(H2,21,23,24). The van der Waals surface area contributed by atoms with Crippen LogP contribution >= 0.6 is 0 Å². The number of anilines is 1. The molecule has 1 aromatic carbocycles. The molecule has 0 spiro atoms. The van der Waals surface area contributed by atoms with E-state index in [1.165, 1.54) is 0 Å². The molecule has 7 nitrogen and oxygen atoms in total. The number of nitrogens with one attached hydrogen (secondary N) is 3. The first kappa shape index (κ1) is 22.3. The molecule has 1 fully saturated rings. The van der Waals surface area contributed by atoms with E-state index in [9.17, 15) is 21.6 Å². The molecule has 0 saturated carbocycles. The van der Waals surface area contributed by atoms with Crippen LogP contribution in [0.2, 0.25) is 0 Å². The Labute approximate surface area is 163 Å². The highest BCUT2D eigenvalue weighted by Crippen LogP contribution is 2.28. The Morgan fingerprint density at radius 1 is 1.18 bits per heavy atom. The van der Waals surface area contributed by atoms with Crippen LogP contribution in [0.1, 0.15) is 19.3 Å². The second kappa shape index (κ2) is 9.97. The van der Waals surface area contributed by atoms with Gasteiger partial charge in [0, 0.05) is 45.0 Å². The maximum atomic E-state index is 12.6. The van der Waals surface area contributed by atoms with Crippen molar-refractivity contribution in [1.82, 2.24) is 14.9 Å². The first-order chi connectivity index (χ1) is 13.2. The third-order valence-corrected chi connectivity index (χ3v) is 6.03. The molecule has 1 aliphatic heterocycles. The minimum Gasteiger partial charge on any atom is -0.385 e. The van der Waals surface area contributed by atoms with Gasteiger partial charge in [0.25, 0.3) is 0 Å². The van der Waals surface area contributed by atoms with E-state index in [0.29, 0.717) is 16.8 Å². The van der Waals surface area contributed by atoms with E-state index >= 15 is 0 Å². The Bertz CT molecular complexity index is 733. The fraction of sp³-hybridized carbons (Fsp3) is 0.588. The maximum absolute atomic E-state index is 12.6. The van der Waals surface area contributed by atoms with Crippen LogP contribution in [0.4, 0.5) is 18.9 Å². The number of halogens is 3. The van der Waals surface area contributed by atoms with Gasteiger partial charge in [-0.1, -0.05) is 18.2 Å². The van der Waals surface area contributed by atoms with Gasteiger partial charge in [0.2, 0.25) is 0 Å². The number of benzene rings is 1. The van der Waals surface area contributed by atoms with Gasteiger partial charge < -0.3 is 16.0 Å². The summed E-state index contributed by atoms with van der Waals surface area (Å²) in [5.74, 6) is 0.553. The zero-order valence-electron chi connectivity index (χ0n) is 15.7. The molecule has 0 aromatic heterocycles. The van der Waals surface area contributed by atoms with Crippen molar-refractivity contribution >= 4 is 21.7 Å². The number of piperidine rings is 1. The minimum atomic E-state index is -5.25. The molecule has 1 heterocycles. The molecule has 28 heavy (non-hydrogen) atoms. The average molecular weight is 421 g/mol. The fourth-order valence-electron chi connectivity index (χ4n) is 2.86. The topological polar surface area (TPSA) is 85.8 Å². The molecule has 0 unspecified atom stereocenters. The molecule has 11 heteroatoms. The van der Waals surface area contributed by atoms with Gasteiger partial charge in [-0.05, 0) is 31.4 Å². The van der Waals surface area contributed by atoms with Crippen LogP contribution in [0.25, 0.3) is 0 Å². The van der Waals surface area contributed by atoms with Crippen molar-refractivity contribution in [1.29, 1.82) is 0 Å². The second-order valence-electron chi connectivity index (χ2n) is 6.41. The van der Waals surface area contributed by atoms with Crippen molar-refractivity contribution in [2.45, 2.75) is 30.8 Å². The van der Waals surface area contributed by atoms with Gasteiger partial charge in [0.1, 0.15) is 0 Å². The van der Waals surface area contributed by atoms with E-state index in [1.807, 2.05) is 30.3 Å². The number of guanidine groups is 1. The molecule has 0 amide bonds. The summed E-state index contributed by atoms with van der Waals surface area (Å²) < 4.78 is 61.2. The Kier molecular flexibility index (Phi) is 7.93. The van der Waals surface area contributed by atoms with Gasteiger partial charge in [0.15, 0.2) is 5.96 Å². The van der Waals surface area contributed by atoms with Crippen molar-refractivity contribution in [2.75, 3.05) is 38.5 Å². The molecular formula is C17H26F3N5O2S. The summed E-state index contributed by atoms with van der Waals surface area (Å²) in [6.45, 7) is 1.11. The largest absolute Gasteiger partial charge is 0.511 e. The van der Waals surface area contributed by atoms with E-state index in [0.717, 1.165) is 18.7 Å². The smallest absolute Gasteiger partial charge is 0.385 e. The summed E-state index contributed by atoms with van der Waals surface area (Å²) in [5.41, 5.74) is -4.20. The molecule has 2 rings (SSSR count). The van der Waals surface area contributed by atoms with Crippen molar-refractivity contribution in [2.24, 2.45) is 4.99 Å². The van der Waals surface area contributed by atoms with Gasteiger partial charge in [0.05, 0.1) is 0 Å². The van der Waals surface area contributed by atoms with E-state index in [1.54, 1.807) is 7.05 Å². The lowest BCUT2D eigenvalue weighted by Gasteiger charge is -2.32. The van der Waals surface area contributed by atoms with E-state index in [2.05, 4.69) is 20.9 Å². The van der Waals surface area contributed by atoms with Crippen molar-refractivity contribution in [3.63, 3.8) is 0 Å². The van der Waals surface area contributed by atoms with Crippen LogP contribution in [0.5, 0.6) is 0 Å². The average Bonchev–Trinajstić information content (AvgIpc) is 2.67. The number of sulfonamides is 1. The lowest BCUT2D eigenvalue weighted by atomic mass is 10.1. The molecule has 0 atom stereocenters. The monoisotopic (exact) mass is 421 g/mol. The maximum Gasteiger partial charge on any atom is 0.511 e. The fourth-order valence-corrected chi connectivity index (χ4v) is 3.84. The summed E-state index contributed by atoms with van der Waals surface area (Å²) in [7, 11) is -3.64. The van der Waals surface area contributed by atoms with Gasteiger partial charge in [-0.15, -0.1) is 0 Å². The van der Waals surface area contributed by atoms with Crippen molar-refractivity contribution in [3.8, 4) is 0 Å². The predicted molar refractivity (Wildman–Crippen MR) is 104 cm³/mol. The van der Waals surface area contributed by atoms with E-state index in [4.69, 9.17) is 0 Å². The molecule has 0 aliphatic carbocycles. The zero-order valence-corrected chi connectivity index (χ0v) is 16.5. The van der Waals surface area contributed by atoms with Crippen LogP contribution in [-0.4, -0.2) is 63.5 Å². The number of aliphatic imine (C=N–C) groups is 1. The van der Waals surface area contributed by atoms with Crippen LogP contribution in [-0.2, 0) is 10.0 Å². The second-order valence-corrected chi connectivity index (χ2v) is 8.34. The Morgan fingerprint density at radius 2 is 1.82 bits per heavy atom. The third-order valence-electron chi connectivity index (χ3n) is 4.40. The van der Waals surface area contributed by atoms with Crippen LogP contribution in [0, 0.1) is 0 Å². The number of nitrogens with zero attached hydrogens (tertiary/aromatic N) is 2. The van der Waals surface area contributed by atoms with Gasteiger partial charge >= 0.3 is 15.5 Å². The first-order valence-electron chi connectivity index (χ1n) is 9.06. The number of para-hydroxylation sites is 1. The van der Waals surface area contributed by atoms with E-state index in [-0.39, 0.29) is 32.0 Å². The Balaban J connectivity index is 1.68. The van der Waals surface area contributed by atoms with Gasteiger partial charge in [-0.25, -0.2) is 8.42 Å². The zero-order chi connectivity index (χ0) is 20.6. The normalized spacial score (nSPS) is 17.4. The molecule has 0 bridgehead atoms. The lowest BCUT2D eigenvalue weighted by Crippen LogP contribution is -2.51. The molecule has 0 radical (unpaired) electrons. The van der Waals surface area contributed by atoms with Gasteiger partial charge in [-0.2, -0.15) is 17.5 Å². The lowest BCUT2D eigenvalue weighted by molar-refractivity contribution is -0.0494. The molecule has 158 valence electrons. The number of rotatable bonds is 7. The summed E-state index contributed by atoms with van der Waals surface area (Å²) in [6.07, 6.45) is 1.41. The molecule has 1 aromatic rings. The number of alkyl halides is 3. The Morgan fingerprint density at radius 3 is 2.39 bits per heavy atom. The van der Waals surface area contributed by atoms with Crippen LogP contribution < -0.4 is 16.0 Å². The summed E-state index contributed by atoms with van der Waals surface area (Å²) in [4.78, 5) is 4.11. The predicted octanol–water partition coefficient (Wildman–Crippen LogP) is 1.97. The summed E-state index contributed by atoms with van der Waals surface area (Å²) >= 11 is 0. The SMILES string of the molecule is CN=C(NCCCNc1ccccc1)NC1CCN(S(=O)(=O)C(F)(F)F)CC1. The minimum absolute atomic E-state index is 0.131. The number of hydrogen-bond acceptors (Lipinski definition) is 4. The van der Waals surface area contributed by atoms with Crippen LogP contribution in [0.3, 0.4) is 0 Å². The molecule has 1 aliphatic rings. The molecule has 3 N–H and O–H groups in total. The Hall–Kier alpha value is -2.01. The highest BCUT2D eigenvalue weighted by molar-refractivity contribution is 7.90. The summed E-state index contributed by atoms with van der Waals surface area (Å²) in [5, 5.41) is 9.59. The quantitative estimate of drug-likeness (QED) is 0.356. The first-order valence-corrected chi connectivity index (χ1v) is 10.5. The van der Waals surface area contributed by atoms with Crippen molar-refractivity contribution < 1.29 is 21.6 Å². The highest BCUT2D eigenvalue weighted by atomic mass is 32.2. The highest BCUT2D eigenvalue weighted by Gasteiger charge is 2.50. The summed E-state index contributed by atoms with van der Waals surface area (Å²) in [6, 6.07) is 9.70. The van der Waals surface area contributed by atoms with Crippen molar-refractivity contribution in [3.05, 3.63) is 30.3 Å². The van der Waals surface area contributed by atoms with Gasteiger partial charge in [-0.3, -0.25) is 4.99 Å². The number of hydrogen-bond donors (Lipinski definition) is 3. The molecular weight excluding hydrogens is 395 g/mol. The molecule has 1 saturated heterocycles. The van der Waals surface area contributed by atoms with E-state index < -0.39 is 15.5 Å². The van der Waals surface area contributed by atoms with Crippen LogP contribution in [0.15, 0.2) is 35.3 Å².